The van der Waals surface area contributed by atoms with Crippen molar-refractivity contribution in [3.05, 3.63) is 55.6 Å². The van der Waals surface area contributed by atoms with Crippen LogP contribution in [0.1, 0.15) is 30.4 Å². The molecule has 0 saturated carbocycles. The van der Waals surface area contributed by atoms with E-state index in [1.165, 1.54) is 17.8 Å². The Labute approximate surface area is 163 Å². The fourth-order valence-corrected chi connectivity index (χ4v) is 4.89. The van der Waals surface area contributed by atoms with E-state index in [0.29, 0.717) is 22.8 Å². The van der Waals surface area contributed by atoms with Gasteiger partial charge in [-0.3, -0.25) is 9.36 Å². The van der Waals surface area contributed by atoms with Gasteiger partial charge in [-0.15, -0.1) is 11.3 Å². The van der Waals surface area contributed by atoms with Crippen LogP contribution in [0.5, 0.6) is 0 Å². The first-order chi connectivity index (χ1) is 12.7. The Morgan fingerprint density at radius 1 is 1.23 bits per heavy atom. The number of benzene rings is 1. The molecule has 4 rings (SSSR count). The first-order valence-corrected chi connectivity index (χ1v) is 10.3. The maximum atomic E-state index is 13.2. The summed E-state index contributed by atoms with van der Waals surface area (Å²) in [6.45, 7) is 2.16. The number of aromatic nitrogens is 2. The van der Waals surface area contributed by atoms with Gasteiger partial charge in [0, 0.05) is 18.5 Å². The smallest absolute Gasteiger partial charge is 0.273 e. The lowest BCUT2D eigenvalue weighted by Crippen LogP contribution is -2.36. The van der Waals surface area contributed by atoms with Gasteiger partial charge in [0.05, 0.1) is 22.7 Å². The summed E-state index contributed by atoms with van der Waals surface area (Å²) in [6.07, 6.45) is 3.42. The highest BCUT2D eigenvalue weighted by Crippen LogP contribution is 2.29. The van der Waals surface area contributed by atoms with Gasteiger partial charge in [-0.05, 0) is 46.8 Å². The quantitative estimate of drug-likeness (QED) is 0.628. The molecule has 2 aromatic heterocycles. The third-order valence-electron chi connectivity index (χ3n) is 4.72. The summed E-state index contributed by atoms with van der Waals surface area (Å²) in [5.74, 6) is 0.703. The van der Waals surface area contributed by atoms with Crippen molar-refractivity contribution in [3.63, 3.8) is 0 Å². The SMILES string of the molecule is N#Cc1ccccc1Cn1c(N2CCCCC2)nc2c(Br)csc2c1=O. The third-order valence-corrected chi connectivity index (χ3v) is 6.58. The van der Waals surface area contributed by atoms with Crippen LogP contribution < -0.4 is 10.5 Å². The normalized spacial score (nSPS) is 14.5. The second-order valence-electron chi connectivity index (χ2n) is 6.38. The molecule has 132 valence electrons. The van der Waals surface area contributed by atoms with Crippen LogP contribution in [0.2, 0.25) is 0 Å². The van der Waals surface area contributed by atoms with Crippen molar-refractivity contribution < 1.29 is 0 Å². The third kappa shape index (κ3) is 3.04. The number of thiophene rings is 1. The molecule has 0 spiro atoms. The predicted octanol–water partition coefficient (Wildman–Crippen LogP) is 4.13. The molecule has 1 aliphatic heterocycles. The number of hydrogen-bond donors (Lipinski definition) is 0. The first kappa shape index (κ1) is 17.3. The standard InChI is InChI=1S/C19H17BrN4OS/c20-15-12-26-17-16(15)22-19(23-8-4-1-5-9-23)24(18(17)25)11-14-7-3-2-6-13(14)10-21/h2-3,6-7,12H,1,4-5,8-9,11H2. The fourth-order valence-electron chi connectivity index (χ4n) is 3.38. The Morgan fingerprint density at radius 2 is 2.00 bits per heavy atom. The Morgan fingerprint density at radius 3 is 2.77 bits per heavy atom. The zero-order valence-corrected chi connectivity index (χ0v) is 16.5. The lowest BCUT2D eigenvalue weighted by Gasteiger charge is -2.29. The molecule has 0 radical (unpaired) electrons. The second kappa shape index (κ2) is 7.22. The summed E-state index contributed by atoms with van der Waals surface area (Å²) in [6, 6.07) is 9.65. The number of anilines is 1. The Balaban J connectivity index is 1.90. The van der Waals surface area contributed by atoms with E-state index in [4.69, 9.17) is 4.98 Å². The van der Waals surface area contributed by atoms with Crippen molar-refractivity contribution in [2.24, 2.45) is 0 Å². The summed E-state index contributed by atoms with van der Waals surface area (Å²) in [4.78, 5) is 20.3. The van der Waals surface area contributed by atoms with Gasteiger partial charge in [0.15, 0.2) is 0 Å². The molecule has 7 heteroatoms. The van der Waals surface area contributed by atoms with E-state index in [9.17, 15) is 10.1 Å². The molecule has 0 amide bonds. The van der Waals surface area contributed by atoms with E-state index in [2.05, 4.69) is 26.9 Å². The summed E-state index contributed by atoms with van der Waals surface area (Å²) < 4.78 is 3.23. The van der Waals surface area contributed by atoms with Gasteiger partial charge in [-0.1, -0.05) is 18.2 Å². The summed E-state index contributed by atoms with van der Waals surface area (Å²) in [7, 11) is 0. The Bertz CT molecular complexity index is 1060. The number of nitrogens with zero attached hydrogens (tertiary/aromatic N) is 4. The van der Waals surface area contributed by atoms with Gasteiger partial charge in [0.1, 0.15) is 10.2 Å². The zero-order chi connectivity index (χ0) is 18.1. The van der Waals surface area contributed by atoms with E-state index in [0.717, 1.165) is 41.5 Å². The van der Waals surface area contributed by atoms with Gasteiger partial charge >= 0.3 is 0 Å². The number of hydrogen-bond acceptors (Lipinski definition) is 5. The van der Waals surface area contributed by atoms with E-state index < -0.39 is 0 Å². The van der Waals surface area contributed by atoms with Crippen molar-refractivity contribution in [3.8, 4) is 6.07 Å². The Kier molecular flexibility index (Phi) is 4.79. The summed E-state index contributed by atoms with van der Waals surface area (Å²) in [5.41, 5.74) is 2.12. The number of rotatable bonds is 3. The minimum Gasteiger partial charge on any atom is -0.342 e. The van der Waals surface area contributed by atoms with Crippen molar-refractivity contribution in [1.82, 2.24) is 9.55 Å². The van der Waals surface area contributed by atoms with Gasteiger partial charge in [-0.2, -0.15) is 5.26 Å². The van der Waals surface area contributed by atoms with Crippen LogP contribution in [-0.4, -0.2) is 22.6 Å². The average molecular weight is 429 g/mol. The molecular weight excluding hydrogens is 412 g/mol. The number of fused-ring (bicyclic) bond motifs is 1. The van der Waals surface area contributed by atoms with Gasteiger partial charge < -0.3 is 4.90 Å². The zero-order valence-electron chi connectivity index (χ0n) is 14.1. The topological polar surface area (TPSA) is 61.9 Å². The van der Waals surface area contributed by atoms with Gasteiger partial charge in [-0.25, -0.2) is 4.98 Å². The lowest BCUT2D eigenvalue weighted by molar-refractivity contribution is 0.553. The van der Waals surface area contributed by atoms with Crippen LogP contribution in [0, 0.1) is 11.3 Å². The van der Waals surface area contributed by atoms with E-state index >= 15 is 0 Å². The molecule has 3 aromatic rings. The van der Waals surface area contributed by atoms with E-state index in [1.807, 2.05) is 23.6 Å². The average Bonchev–Trinajstić information content (AvgIpc) is 3.06. The fraction of sp³-hybridized carbons (Fsp3) is 0.316. The van der Waals surface area contributed by atoms with Crippen LogP contribution in [0.25, 0.3) is 10.2 Å². The monoisotopic (exact) mass is 428 g/mol. The molecule has 3 heterocycles. The Hall–Kier alpha value is -2.17. The highest BCUT2D eigenvalue weighted by atomic mass is 79.9. The van der Waals surface area contributed by atoms with E-state index in [-0.39, 0.29) is 5.56 Å². The van der Waals surface area contributed by atoms with Gasteiger partial charge in [0.2, 0.25) is 5.95 Å². The molecule has 1 fully saturated rings. The molecular formula is C19H17BrN4OS. The molecule has 1 aromatic carbocycles. The van der Waals surface area contributed by atoms with Crippen LogP contribution in [-0.2, 0) is 6.54 Å². The van der Waals surface area contributed by atoms with Crippen molar-refractivity contribution in [2.45, 2.75) is 25.8 Å². The van der Waals surface area contributed by atoms with Crippen molar-refractivity contribution in [2.75, 3.05) is 18.0 Å². The minimum atomic E-state index is -0.0426. The van der Waals surface area contributed by atoms with Crippen LogP contribution in [0.4, 0.5) is 5.95 Å². The van der Waals surface area contributed by atoms with Crippen LogP contribution >= 0.6 is 27.3 Å². The first-order valence-electron chi connectivity index (χ1n) is 8.59. The molecule has 0 bridgehead atoms. The minimum absolute atomic E-state index is 0.0426. The molecule has 5 nitrogen and oxygen atoms in total. The van der Waals surface area contributed by atoms with Crippen LogP contribution in [0.15, 0.2) is 38.9 Å². The highest BCUT2D eigenvalue weighted by molar-refractivity contribution is 9.10. The molecule has 1 saturated heterocycles. The molecule has 0 aliphatic carbocycles. The summed E-state index contributed by atoms with van der Waals surface area (Å²) in [5, 5.41) is 11.3. The van der Waals surface area contributed by atoms with Crippen LogP contribution in [0.3, 0.4) is 0 Å². The lowest BCUT2D eigenvalue weighted by atomic mass is 10.1. The van der Waals surface area contributed by atoms with E-state index in [1.54, 1.807) is 10.6 Å². The van der Waals surface area contributed by atoms with Crippen molar-refractivity contribution >= 4 is 43.4 Å². The molecule has 0 unspecified atom stereocenters. The number of halogens is 1. The number of piperidine rings is 1. The molecule has 0 atom stereocenters. The summed E-state index contributed by atoms with van der Waals surface area (Å²) >= 11 is 4.92. The maximum Gasteiger partial charge on any atom is 0.273 e. The molecule has 1 aliphatic rings. The van der Waals surface area contributed by atoms with Gasteiger partial charge in [0.25, 0.3) is 5.56 Å². The second-order valence-corrected chi connectivity index (χ2v) is 8.12. The highest BCUT2D eigenvalue weighted by Gasteiger charge is 2.21. The maximum absolute atomic E-state index is 13.2. The molecule has 26 heavy (non-hydrogen) atoms. The molecule has 0 N–H and O–H groups in total. The predicted molar refractivity (Wildman–Crippen MR) is 108 cm³/mol. The van der Waals surface area contributed by atoms with Crippen molar-refractivity contribution in [1.29, 1.82) is 5.26 Å². The number of nitriles is 1. The largest absolute Gasteiger partial charge is 0.342 e.